The molecule has 1 unspecified atom stereocenters. The Balaban J connectivity index is 2.45. The molecule has 0 saturated carbocycles. The first-order chi connectivity index (χ1) is 9.02. The third kappa shape index (κ3) is 5.04. The number of hydrogen-bond acceptors (Lipinski definition) is 3. The second-order valence-corrected chi connectivity index (χ2v) is 8.04. The molecule has 1 aliphatic rings. The molecule has 5 heteroatoms. The fraction of sp³-hybridized carbons (Fsp3) is 1.00. The van der Waals surface area contributed by atoms with Crippen LogP contribution in [0.3, 0.4) is 0 Å². The Morgan fingerprint density at radius 2 is 1.84 bits per heavy atom. The van der Waals surface area contributed by atoms with Gasteiger partial charge in [-0.25, -0.2) is 12.7 Å². The van der Waals surface area contributed by atoms with E-state index in [1.54, 1.807) is 4.31 Å². The van der Waals surface area contributed by atoms with Crippen molar-refractivity contribution in [2.24, 2.45) is 5.92 Å². The van der Waals surface area contributed by atoms with Crippen molar-refractivity contribution in [3.05, 3.63) is 0 Å². The number of piperidine rings is 1. The van der Waals surface area contributed by atoms with Crippen LogP contribution in [0.5, 0.6) is 0 Å². The smallest absolute Gasteiger partial charge is 0.217 e. The Morgan fingerprint density at radius 3 is 2.37 bits per heavy atom. The molecule has 1 fully saturated rings. The van der Waals surface area contributed by atoms with Crippen LogP contribution in [0.1, 0.15) is 52.9 Å². The largest absolute Gasteiger partial charge is 0.315 e. The van der Waals surface area contributed by atoms with Gasteiger partial charge in [0.1, 0.15) is 0 Å². The third-order valence-corrected chi connectivity index (χ3v) is 6.27. The molecule has 114 valence electrons. The number of rotatable bonds is 8. The van der Waals surface area contributed by atoms with Crippen molar-refractivity contribution < 1.29 is 8.42 Å². The predicted molar refractivity (Wildman–Crippen MR) is 80.7 cm³/mol. The monoisotopic (exact) mass is 290 g/mol. The van der Waals surface area contributed by atoms with Crippen molar-refractivity contribution in [2.45, 2.75) is 58.1 Å². The summed E-state index contributed by atoms with van der Waals surface area (Å²) in [6, 6.07) is 0. The number of sulfonamides is 1. The zero-order valence-electron chi connectivity index (χ0n) is 12.7. The molecule has 1 saturated heterocycles. The molecule has 19 heavy (non-hydrogen) atoms. The van der Waals surface area contributed by atoms with E-state index < -0.39 is 10.0 Å². The highest BCUT2D eigenvalue weighted by Crippen LogP contribution is 2.24. The first-order valence-electron chi connectivity index (χ1n) is 7.72. The summed E-state index contributed by atoms with van der Waals surface area (Å²) in [5, 5.41) is 2.89. The molecule has 1 atom stereocenters. The summed E-state index contributed by atoms with van der Waals surface area (Å²) in [7, 11) is -3.11. The minimum absolute atomic E-state index is 0.318. The van der Waals surface area contributed by atoms with Gasteiger partial charge in [0.2, 0.25) is 10.0 Å². The molecule has 1 N–H and O–H groups in total. The lowest BCUT2D eigenvalue weighted by molar-refractivity contribution is 0.260. The lowest BCUT2D eigenvalue weighted by Crippen LogP contribution is -2.45. The predicted octanol–water partition coefficient (Wildman–Crippen LogP) is 2.22. The molecule has 0 aromatic heterocycles. The fourth-order valence-corrected chi connectivity index (χ4v) is 4.26. The van der Waals surface area contributed by atoms with Gasteiger partial charge in [-0.3, -0.25) is 0 Å². The molecule has 0 spiro atoms. The van der Waals surface area contributed by atoms with Crippen LogP contribution < -0.4 is 5.32 Å². The summed E-state index contributed by atoms with van der Waals surface area (Å²) in [4.78, 5) is 0. The van der Waals surface area contributed by atoms with Crippen molar-refractivity contribution in [1.29, 1.82) is 0 Å². The molecule has 0 bridgehead atoms. The molecule has 0 aliphatic carbocycles. The van der Waals surface area contributed by atoms with Crippen LogP contribution in [0.4, 0.5) is 0 Å². The topological polar surface area (TPSA) is 49.4 Å². The van der Waals surface area contributed by atoms with Gasteiger partial charge in [-0.2, -0.15) is 0 Å². The van der Waals surface area contributed by atoms with E-state index in [2.05, 4.69) is 19.2 Å². The first kappa shape index (κ1) is 16.9. The Morgan fingerprint density at radius 1 is 1.21 bits per heavy atom. The van der Waals surface area contributed by atoms with E-state index in [1.807, 2.05) is 6.92 Å². The maximum atomic E-state index is 12.4. The zero-order valence-corrected chi connectivity index (χ0v) is 13.5. The molecule has 0 radical (unpaired) electrons. The van der Waals surface area contributed by atoms with Crippen LogP contribution in [0.25, 0.3) is 0 Å². The molecular weight excluding hydrogens is 260 g/mol. The summed E-state index contributed by atoms with van der Waals surface area (Å²) >= 11 is 0. The van der Waals surface area contributed by atoms with Gasteiger partial charge in [0.15, 0.2) is 0 Å². The van der Waals surface area contributed by atoms with Crippen LogP contribution in [-0.2, 0) is 10.0 Å². The summed E-state index contributed by atoms with van der Waals surface area (Å²) in [6.07, 6.45) is 5.54. The van der Waals surface area contributed by atoms with Gasteiger partial charge in [0.25, 0.3) is 0 Å². The zero-order chi connectivity index (χ0) is 14.3. The molecule has 0 aromatic carbocycles. The average molecular weight is 290 g/mol. The summed E-state index contributed by atoms with van der Waals surface area (Å²) in [5.41, 5.74) is 0. The normalized spacial score (nSPS) is 20.6. The molecular formula is C14H30N2O2S. The van der Waals surface area contributed by atoms with Crippen LogP contribution in [0.15, 0.2) is 0 Å². The Hall–Kier alpha value is -0.130. The molecule has 0 aromatic rings. The van der Waals surface area contributed by atoms with E-state index in [-0.39, 0.29) is 5.25 Å². The minimum atomic E-state index is -3.11. The Bertz CT molecular complexity index is 335. The standard InChI is InChI=1S/C14H30N2O2S/c1-4-6-14-7-10-16(11-8-14)19(17,18)13(3)12-15-9-5-2/h13-15H,4-12H2,1-3H3. The lowest BCUT2D eigenvalue weighted by atomic mass is 9.94. The molecule has 1 rings (SSSR count). The van der Waals surface area contributed by atoms with E-state index in [1.165, 1.54) is 12.8 Å². The summed E-state index contributed by atoms with van der Waals surface area (Å²) in [6.45, 7) is 8.98. The van der Waals surface area contributed by atoms with Gasteiger partial charge in [-0.1, -0.05) is 26.7 Å². The third-order valence-electron chi connectivity index (χ3n) is 4.00. The molecule has 0 amide bonds. The van der Waals surface area contributed by atoms with Crippen molar-refractivity contribution >= 4 is 10.0 Å². The number of nitrogens with one attached hydrogen (secondary N) is 1. The van der Waals surface area contributed by atoms with Gasteiger partial charge in [-0.05, 0) is 38.6 Å². The Labute approximate surface area is 119 Å². The summed E-state index contributed by atoms with van der Waals surface area (Å²) in [5.74, 6) is 0.727. The molecule has 1 aliphatic heterocycles. The Kier molecular flexibility index (Phi) is 7.32. The van der Waals surface area contributed by atoms with Gasteiger partial charge in [0, 0.05) is 19.6 Å². The van der Waals surface area contributed by atoms with Crippen LogP contribution in [0, 0.1) is 5.92 Å². The molecule has 4 nitrogen and oxygen atoms in total. The van der Waals surface area contributed by atoms with E-state index >= 15 is 0 Å². The second kappa shape index (κ2) is 8.22. The van der Waals surface area contributed by atoms with Crippen molar-refractivity contribution in [2.75, 3.05) is 26.2 Å². The van der Waals surface area contributed by atoms with Gasteiger partial charge in [-0.15, -0.1) is 0 Å². The SMILES string of the molecule is CCCNCC(C)S(=O)(=O)N1CCC(CCC)CC1. The highest BCUT2D eigenvalue weighted by molar-refractivity contribution is 7.89. The van der Waals surface area contributed by atoms with Crippen molar-refractivity contribution in [1.82, 2.24) is 9.62 Å². The lowest BCUT2D eigenvalue weighted by Gasteiger charge is -2.33. The van der Waals surface area contributed by atoms with Gasteiger partial charge < -0.3 is 5.32 Å². The number of hydrogen-bond donors (Lipinski definition) is 1. The van der Waals surface area contributed by atoms with Crippen molar-refractivity contribution in [3.63, 3.8) is 0 Å². The number of nitrogens with zero attached hydrogens (tertiary/aromatic N) is 1. The molecule has 1 heterocycles. The summed E-state index contributed by atoms with van der Waals surface area (Å²) < 4.78 is 26.6. The second-order valence-electron chi connectivity index (χ2n) is 5.69. The average Bonchev–Trinajstić information content (AvgIpc) is 2.40. The van der Waals surface area contributed by atoms with E-state index in [4.69, 9.17) is 0 Å². The van der Waals surface area contributed by atoms with Crippen LogP contribution in [0.2, 0.25) is 0 Å². The maximum absolute atomic E-state index is 12.4. The van der Waals surface area contributed by atoms with Crippen molar-refractivity contribution in [3.8, 4) is 0 Å². The van der Waals surface area contributed by atoms with Crippen LogP contribution >= 0.6 is 0 Å². The maximum Gasteiger partial charge on any atom is 0.217 e. The van der Waals surface area contributed by atoms with E-state index in [9.17, 15) is 8.42 Å². The first-order valence-corrected chi connectivity index (χ1v) is 9.22. The van der Waals surface area contributed by atoms with E-state index in [0.717, 1.165) is 31.7 Å². The van der Waals surface area contributed by atoms with Crippen LogP contribution in [-0.4, -0.2) is 44.2 Å². The fourth-order valence-electron chi connectivity index (χ4n) is 2.70. The highest BCUT2D eigenvalue weighted by atomic mass is 32.2. The van der Waals surface area contributed by atoms with E-state index in [0.29, 0.717) is 19.6 Å². The highest BCUT2D eigenvalue weighted by Gasteiger charge is 2.31. The minimum Gasteiger partial charge on any atom is -0.315 e. The quantitative estimate of drug-likeness (QED) is 0.697. The van der Waals surface area contributed by atoms with Gasteiger partial charge in [0.05, 0.1) is 5.25 Å². The van der Waals surface area contributed by atoms with Gasteiger partial charge >= 0.3 is 0 Å².